The van der Waals surface area contributed by atoms with Crippen molar-refractivity contribution in [3.8, 4) is 11.5 Å². The number of carbonyl (C=O) groups is 1. The van der Waals surface area contributed by atoms with E-state index in [2.05, 4.69) is 20.8 Å². The minimum atomic E-state index is -0.528. The Bertz CT molecular complexity index is 700. The Hall–Kier alpha value is -2.04. The lowest BCUT2D eigenvalue weighted by Crippen LogP contribution is -2.21. The van der Waals surface area contributed by atoms with E-state index in [9.17, 15) is 4.79 Å². The van der Waals surface area contributed by atoms with Crippen LogP contribution in [0.3, 0.4) is 0 Å². The lowest BCUT2D eigenvalue weighted by atomic mass is 10.2. The van der Waals surface area contributed by atoms with E-state index >= 15 is 0 Å². The molecule has 0 spiro atoms. The lowest BCUT2D eigenvalue weighted by Gasteiger charge is -2.14. The Kier molecular flexibility index (Phi) is 9.78. The second-order valence-electron chi connectivity index (χ2n) is 5.17. The average Bonchev–Trinajstić information content (AvgIpc) is 3.01. The number of halogens is 1. The molecule has 2 rings (SSSR count). The van der Waals surface area contributed by atoms with Crippen LogP contribution < -0.4 is 20.5 Å². The van der Waals surface area contributed by atoms with Gasteiger partial charge >= 0.3 is 0 Å². The second kappa shape index (κ2) is 11.6. The monoisotopic (exact) mass is 402 g/mol. The smallest absolute Gasteiger partial charge is 0.255 e. The molecule has 3 N–H and O–H groups in total. The van der Waals surface area contributed by atoms with E-state index in [1.54, 1.807) is 29.6 Å². The van der Waals surface area contributed by atoms with Crippen molar-refractivity contribution < 1.29 is 14.3 Å². The van der Waals surface area contributed by atoms with Crippen LogP contribution in [0, 0.1) is 0 Å². The molecule has 1 aromatic heterocycles. The molecule has 144 valence electrons. The van der Waals surface area contributed by atoms with Crippen LogP contribution in [0.1, 0.15) is 12.0 Å². The fraction of sp³-hybridized carbons (Fsp3) is 0.467. The van der Waals surface area contributed by atoms with E-state index in [1.165, 1.54) is 0 Å². The fourth-order valence-corrected chi connectivity index (χ4v) is 2.88. The maximum atomic E-state index is 11.0. The lowest BCUT2D eigenvalue weighted by molar-refractivity contribution is -0.119. The van der Waals surface area contributed by atoms with Crippen LogP contribution in [0.5, 0.6) is 11.5 Å². The molecule has 0 saturated heterocycles. The summed E-state index contributed by atoms with van der Waals surface area (Å²) in [6.07, 6.45) is 0.957. The number of ether oxygens (including phenoxy) is 2. The minimum Gasteiger partial charge on any atom is -0.493 e. The standard InChI is InChI=1S/C15H22N6O3S.ClH/c1-21-15(18-19-20-21)25-8-4-7-17-9-11-5-3-6-12(23-2)14(11)24-10-13(16)22;/h3,5-6,17H,4,7-10H2,1-2H3,(H2,16,22);1H. The highest BCUT2D eigenvalue weighted by atomic mass is 35.5. The number of hydrogen-bond donors (Lipinski definition) is 2. The molecule has 9 nitrogen and oxygen atoms in total. The van der Waals surface area contributed by atoms with E-state index in [4.69, 9.17) is 15.2 Å². The zero-order valence-corrected chi connectivity index (χ0v) is 16.3. The topological polar surface area (TPSA) is 117 Å². The number of nitrogens with two attached hydrogens (primary N) is 1. The normalized spacial score (nSPS) is 10.2. The number of carbonyl (C=O) groups excluding carboxylic acids is 1. The highest BCUT2D eigenvalue weighted by molar-refractivity contribution is 7.99. The summed E-state index contributed by atoms with van der Waals surface area (Å²) in [4.78, 5) is 11.0. The third kappa shape index (κ3) is 6.70. The van der Waals surface area contributed by atoms with Crippen LogP contribution in [0.2, 0.25) is 0 Å². The third-order valence-corrected chi connectivity index (χ3v) is 4.36. The molecule has 2 aromatic rings. The quantitative estimate of drug-likeness (QED) is 0.418. The Morgan fingerprint density at radius 1 is 1.42 bits per heavy atom. The number of amides is 1. The molecule has 0 aliphatic carbocycles. The molecule has 0 aliphatic heterocycles. The number of nitrogens with one attached hydrogen (secondary N) is 1. The number of nitrogens with zero attached hydrogens (tertiary/aromatic N) is 4. The van der Waals surface area contributed by atoms with Crippen molar-refractivity contribution in [2.45, 2.75) is 18.1 Å². The van der Waals surface area contributed by atoms with Gasteiger partial charge in [-0.1, -0.05) is 23.9 Å². The third-order valence-electron chi connectivity index (χ3n) is 3.26. The maximum absolute atomic E-state index is 11.0. The average molecular weight is 403 g/mol. The summed E-state index contributed by atoms with van der Waals surface area (Å²) < 4.78 is 12.4. The summed E-state index contributed by atoms with van der Waals surface area (Å²) in [7, 11) is 3.37. The molecular weight excluding hydrogens is 380 g/mol. The van der Waals surface area contributed by atoms with Crippen molar-refractivity contribution in [2.24, 2.45) is 12.8 Å². The Morgan fingerprint density at radius 2 is 2.23 bits per heavy atom. The zero-order chi connectivity index (χ0) is 18.1. The first-order valence-corrected chi connectivity index (χ1v) is 8.73. The molecule has 0 atom stereocenters. The van der Waals surface area contributed by atoms with E-state index in [0.29, 0.717) is 18.0 Å². The van der Waals surface area contributed by atoms with E-state index in [-0.39, 0.29) is 19.0 Å². The highest BCUT2D eigenvalue weighted by Gasteiger charge is 2.11. The molecule has 0 fully saturated rings. The van der Waals surface area contributed by atoms with Crippen molar-refractivity contribution in [2.75, 3.05) is 26.0 Å². The molecule has 26 heavy (non-hydrogen) atoms. The molecule has 11 heteroatoms. The highest BCUT2D eigenvalue weighted by Crippen LogP contribution is 2.31. The molecule has 1 aromatic carbocycles. The summed E-state index contributed by atoms with van der Waals surface area (Å²) in [5.41, 5.74) is 6.06. The van der Waals surface area contributed by atoms with Gasteiger partial charge in [-0.25, -0.2) is 4.68 Å². The first-order valence-electron chi connectivity index (χ1n) is 7.74. The summed E-state index contributed by atoms with van der Waals surface area (Å²) in [5.74, 6) is 1.49. The second-order valence-corrected chi connectivity index (χ2v) is 6.23. The van der Waals surface area contributed by atoms with E-state index in [0.717, 1.165) is 29.4 Å². The van der Waals surface area contributed by atoms with Gasteiger partial charge in [-0.15, -0.1) is 17.5 Å². The number of benzene rings is 1. The van der Waals surface area contributed by atoms with Gasteiger partial charge in [0.15, 0.2) is 18.1 Å². The summed E-state index contributed by atoms with van der Waals surface area (Å²) >= 11 is 1.61. The number of aryl methyl sites for hydroxylation is 1. The first kappa shape index (κ1) is 22.0. The van der Waals surface area contributed by atoms with Crippen molar-refractivity contribution in [3.63, 3.8) is 0 Å². The van der Waals surface area contributed by atoms with Gasteiger partial charge in [-0.3, -0.25) is 4.79 Å². The van der Waals surface area contributed by atoms with Gasteiger partial charge in [0, 0.05) is 24.9 Å². The molecule has 0 bridgehead atoms. The predicted molar refractivity (Wildman–Crippen MR) is 101 cm³/mol. The van der Waals surface area contributed by atoms with Gasteiger partial charge in [0.1, 0.15) is 0 Å². The SMILES string of the molecule is COc1cccc(CNCCCSc2nnnn2C)c1OCC(N)=O.Cl. The number of methoxy groups -OCH3 is 1. The van der Waals surface area contributed by atoms with E-state index < -0.39 is 5.91 Å². The van der Waals surface area contributed by atoms with Crippen LogP contribution in [0.15, 0.2) is 23.4 Å². The van der Waals surface area contributed by atoms with Crippen LogP contribution >= 0.6 is 24.2 Å². The van der Waals surface area contributed by atoms with Crippen LogP contribution in [0.4, 0.5) is 0 Å². The Balaban J connectivity index is 0.00000338. The summed E-state index contributed by atoms with van der Waals surface area (Å²) in [5, 5.41) is 15.5. The molecule has 0 saturated carbocycles. The van der Waals surface area contributed by atoms with Gasteiger partial charge in [0.2, 0.25) is 5.16 Å². The van der Waals surface area contributed by atoms with Crippen molar-refractivity contribution in [1.29, 1.82) is 0 Å². The zero-order valence-electron chi connectivity index (χ0n) is 14.7. The summed E-state index contributed by atoms with van der Waals surface area (Å²) in [6, 6.07) is 5.58. The maximum Gasteiger partial charge on any atom is 0.255 e. The Labute approximate surface area is 162 Å². The number of primary amides is 1. The largest absolute Gasteiger partial charge is 0.493 e. The summed E-state index contributed by atoms with van der Waals surface area (Å²) in [6.45, 7) is 1.24. The van der Waals surface area contributed by atoms with Crippen molar-refractivity contribution in [3.05, 3.63) is 23.8 Å². The molecule has 0 aliphatic rings. The van der Waals surface area contributed by atoms with Gasteiger partial charge in [0.25, 0.3) is 5.91 Å². The molecular formula is C15H23ClN6O3S. The van der Waals surface area contributed by atoms with Gasteiger partial charge in [-0.2, -0.15) is 0 Å². The number of hydrogen-bond acceptors (Lipinski definition) is 8. The minimum absolute atomic E-state index is 0. The Morgan fingerprint density at radius 3 is 2.88 bits per heavy atom. The molecule has 1 heterocycles. The number of thioether (sulfide) groups is 1. The van der Waals surface area contributed by atoms with Crippen LogP contribution in [-0.4, -0.2) is 52.1 Å². The molecule has 0 unspecified atom stereocenters. The number of tetrazole rings is 1. The number of aromatic nitrogens is 4. The van der Waals surface area contributed by atoms with Gasteiger partial charge in [0.05, 0.1) is 7.11 Å². The van der Waals surface area contributed by atoms with Gasteiger partial charge < -0.3 is 20.5 Å². The first-order chi connectivity index (χ1) is 12.1. The fourth-order valence-electron chi connectivity index (χ4n) is 2.10. The van der Waals surface area contributed by atoms with Crippen molar-refractivity contribution >= 4 is 30.1 Å². The van der Waals surface area contributed by atoms with Crippen LogP contribution in [0.25, 0.3) is 0 Å². The molecule has 0 radical (unpaired) electrons. The molecule has 1 amide bonds. The van der Waals surface area contributed by atoms with Crippen LogP contribution in [-0.2, 0) is 18.4 Å². The van der Waals surface area contributed by atoms with E-state index in [1.807, 2.05) is 19.2 Å². The van der Waals surface area contributed by atoms with Crippen molar-refractivity contribution in [1.82, 2.24) is 25.5 Å². The number of para-hydroxylation sites is 1. The van der Waals surface area contributed by atoms with Gasteiger partial charge in [-0.05, 0) is 29.5 Å². The predicted octanol–water partition coefficient (Wildman–Crippen LogP) is 0.777. The number of rotatable bonds is 11.